The van der Waals surface area contributed by atoms with Gasteiger partial charge in [0.2, 0.25) is 11.9 Å². The van der Waals surface area contributed by atoms with E-state index in [1.807, 2.05) is 24.3 Å². The molecular formula is C51H50F2N10O6. The molecule has 0 bridgehead atoms. The van der Waals surface area contributed by atoms with E-state index in [4.69, 9.17) is 14.2 Å². The highest BCUT2D eigenvalue weighted by Crippen LogP contribution is 2.38. The fraction of sp³-hybridized carbons (Fsp3) is 0.255. The number of aliphatic hydroxyl groups excluding tert-OH is 1. The minimum absolute atomic E-state index is 0.160. The lowest BCUT2D eigenvalue weighted by molar-refractivity contribution is 0.0848. The van der Waals surface area contributed by atoms with E-state index in [9.17, 15) is 23.5 Å². The van der Waals surface area contributed by atoms with Crippen molar-refractivity contribution in [3.63, 3.8) is 0 Å². The Balaban J connectivity index is 0.000000172. The zero-order valence-corrected chi connectivity index (χ0v) is 37.8. The van der Waals surface area contributed by atoms with Crippen molar-refractivity contribution in [2.45, 2.75) is 56.5 Å². The van der Waals surface area contributed by atoms with Crippen LogP contribution in [0.1, 0.15) is 61.5 Å². The molecule has 7 N–H and O–H groups in total. The van der Waals surface area contributed by atoms with E-state index in [1.165, 1.54) is 23.3 Å². The Morgan fingerprint density at radius 2 is 1.19 bits per heavy atom. The minimum atomic E-state index is -0.485. The lowest BCUT2D eigenvalue weighted by Gasteiger charge is -2.26. The van der Waals surface area contributed by atoms with E-state index in [1.54, 1.807) is 75.1 Å². The number of benzene rings is 4. The number of pyridine rings is 2. The SMILES string of the molecule is COc1cc(C2CCC(O)CC2)ccc1Nc1nccc(Nc2cc3cccc(F)c3[nH]c2=O)n1.COc1cc(Nc2nccc(Nc3cc4cccc(F)c4[nH]c3=O)n2)ccc1C1CCOCC1. The Morgan fingerprint density at radius 3 is 1.77 bits per heavy atom. The van der Waals surface area contributed by atoms with Crippen LogP contribution in [0.15, 0.2) is 119 Å². The van der Waals surface area contributed by atoms with Gasteiger partial charge < -0.3 is 50.6 Å². The number of hydrogen-bond acceptors (Lipinski definition) is 14. The second-order valence-corrected chi connectivity index (χ2v) is 16.8. The first-order valence-corrected chi connectivity index (χ1v) is 22.6. The number of anilines is 8. The fourth-order valence-corrected chi connectivity index (χ4v) is 8.69. The average molecular weight is 937 g/mol. The molecule has 2 fully saturated rings. The second kappa shape index (κ2) is 20.9. The lowest BCUT2D eigenvalue weighted by Crippen LogP contribution is -2.17. The maximum atomic E-state index is 14.0. The third-order valence-corrected chi connectivity index (χ3v) is 12.3. The molecule has 0 spiro atoms. The summed E-state index contributed by atoms with van der Waals surface area (Å²) in [7, 11) is 3.28. The first-order valence-electron chi connectivity index (χ1n) is 22.6. The number of H-pyrrole nitrogens is 2. The number of rotatable bonds is 12. The summed E-state index contributed by atoms with van der Waals surface area (Å²) in [6.07, 6.45) is 8.44. The van der Waals surface area contributed by atoms with E-state index in [0.29, 0.717) is 57.6 Å². The van der Waals surface area contributed by atoms with Gasteiger partial charge in [-0.3, -0.25) is 9.59 Å². The van der Waals surface area contributed by atoms with Crippen molar-refractivity contribution in [3.8, 4) is 11.5 Å². The van der Waals surface area contributed by atoms with Crippen LogP contribution in [0.3, 0.4) is 0 Å². The van der Waals surface area contributed by atoms with Crippen molar-refractivity contribution in [2.75, 3.05) is 48.7 Å². The van der Waals surface area contributed by atoms with E-state index in [0.717, 1.165) is 63.2 Å². The van der Waals surface area contributed by atoms with E-state index >= 15 is 0 Å². The summed E-state index contributed by atoms with van der Waals surface area (Å²) in [6, 6.07) is 27.7. The van der Waals surface area contributed by atoms with Crippen LogP contribution in [0.2, 0.25) is 0 Å². The number of aromatic amines is 2. The van der Waals surface area contributed by atoms with Gasteiger partial charge in [-0.25, -0.2) is 18.7 Å². The molecule has 18 heteroatoms. The molecule has 1 saturated heterocycles. The summed E-state index contributed by atoms with van der Waals surface area (Å²) in [5, 5.41) is 23.3. The highest BCUT2D eigenvalue weighted by molar-refractivity contribution is 5.84. The monoisotopic (exact) mass is 936 g/mol. The Hall–Kier alpha value is -7.96. The Labute approximate surface area is 394 Å². The van der Waals surface area contributed by atoms with Crippen LogP contribution < -0.4 is 41.9 Å². The summed E-state index contributed by atoms with van der Waals surface area (Å²) in [4.78, 5) is 47.5. The van der Waals surface area contributed by atoms with Gasteiger partial charge in [-0.1, -0.05) is 36.4 Å². The highest BCUT2D eigenvalue weighted by atomic mass is 19.1. The Kier molecular flexibility index (Phi) is 14.0. The molecule has 4 aromatic carbocycles. The number of halogens is 2. The van der Waals surface area contributed by atoms with Crippen molar-refractivity contribution < 1.29 is 28.1 Å². The molecule has 0 unspecified atom stereocenters. The van der Waals surface area contributed by atoms with Gasteiger partial charge in [-0.2, -0.15) is 9.97 Å². The standard InChI is InChI=1S/C26H26FN5O3.C25H24FN5O3/c1-35-22-14-16(15-5-8-18(33)9-6-15)7-10-20(22)30-26-28-12-11-23(31-26)29-21-13-17-3-2-4-19(27)24(17)32-25(21)34;1-33-21-14-17(5-6-18(21)15-8-11-34-12-9-15)28-25-27-10-7-22(30-25)29-20-13-16-3-2-4-19(26)23(16)31-24(20)32/h2-4,7,10-15,18,33H,5-6,8-9H2,1H3,(H,32,34)(H2,28,29,30,31);2-7,10,13-15H,8-9,11-12H2,1H3,(H,31,32)(H2,27,28,29,30). The molecule has 1 aliphatic heterocycles. The number of ether oxygens (including phenoxy) is 3. The molecule has 16 nitrogen and oxygen atoms in total. The van der Waals surface area contributed by atoms with E-state index < -0.39 is 22.8 Å². The van der Waals surface area contributed by atoms with Crippen LogP contribution in [0.4, 0.5) is 55.1 Å². The zero-order chi connectivity index (χ0) is 47.9. The first kappa shape index (κ1) is 46.2. The molecule has 8 aromatic rings. The van der Waals surface area contributed by atoms with Crippen molar-refractivity contribution in [2.24, 2.45) is 0 Å². The van der Waals surface area contributed by atoms with Gasteiger partial charge in [0, 0.05) is 48.1 Å². The van der Waals surface area contributed by atoms with Crippen LogP contribution in [0.25, 0.3) is 21.8 Å². The average Bonchev–Trinajstić information content (AvgIpc) is 3.36. The Morgan fingerprint density at radius 1 is 0.609 bits per heavy atom. The molecule has 4 aromatic heterocycles. The lowest BCUT2D eigenvalue weighted by atomic mass is 9.82. The fourth-order valence-electron chi connectivity index (χ4n) is 8.69. The number of aliphatic hydroxyl groups is 1. The maximum absolute atomic E-state index is 14.0. The minimum Gasteiger partial charge on any atom is -0.496 e. The first-order chi connectivity index (χ1) is 33.6. The third kappa shape index (κ3) is 10.9. The van der Waals surface area contributed by atoms with E-state index in [2.05, 4.69) is 63.3 Å². The predicted molar refractivity (Wildman–Crippen MR) is 262 cm³/mol. The van der Waals surface area contributed by atoms with Gasteiger partial charge in [-0.05, 0) is 116 Å². The van der Waals surface area contributed by atoms with Crippen LogP contribution in [-0.4, -0.2) is 68.5 Å². The molecule has 2 aliphatic rings. The highest BCUT2D eigenvalue weighted by Gasteiger charge is 2.23. The molecule has 1 saturated carbocycles. The largest absolute Gasteiger partial charge is 0.496 e. The van der Waals surface area contributed by atoms with Gasteiger partial charge in [0.25, 0.3) is 11.1 Å². The number of para-hydroxylation sites is 2. The van der Waals surface area contributed by atoms with Crippen molar-refractivity contribution in [1.29, 1.82) is 0 Å². The van der Waals surface area contributed by atoms with Crippen molar-refractivity contribution >= 4 is 68.1 Å². The number of methoxy groups -OCH3 is 2. The molecule has 0 atom stereocenters. The van der Waals surface area contributed by atoms with Crippen molar-refractivity contribution in [1.82, 2.24) is 29.9 Å². The number of nitrogens with one attached hydrogen (secondary N) is 6. The molecule has 0 radical (unpaired) electrons. The van der Waals surface area contributed by atoms with Gasteiger partial charge in [0.15, 0.2) is 0 Å². The predicted octanol–water partition coefficient (Wildman–Crippen LogP) is 9.82. The molecule has 69 heavy (non-hydrogen) atoms. The summed E-state index contributed by atoms with van der Waals surface area (Å²) in [6.45, 7) is 1.52. The molecule has 5 heterocycles. The summed E-state index contributed by atoms with van der Waals surface area (Å²) < 4.78 is 44.6. The van der Waals surface area contributed by atoms with Crippen LogP contribution >= 0.6 is 0 Å². The summed E-state index contributed by atoms with van der Waals surface area (Å²) in [5.74, 6) is 2.83. The number of hydrogen-bond donors (Lipinski definition) is 7. The number of aromatic nitrogens is 6. The zero-order valence-electron chi connectivity index (χ0n) is 37.8. The topological polar surface area (TPSA) is 213 Å². The molecule has 10 rings (SSSR count). The second-order valence-electron chi connectivity index (χ2n) is 16.8. The maximum Gasteiger partial charge on any atom is 0.272 e. The van der Waals surface area contributed by atoms with E-state index in [-0.39, 0.29) is 28.5 Å². The van der Waals surface area contributed by atoms with Gasteiger partial charge in [0.1, 0.15) is 46.1 Å². The third-order valence-electron chi connectivity index (χ3n) is 12.3. The van der Waals surface area contributed by atoms with Gasteiger partial charge in [0.05, 0.1) is 37.0 Å². The molecule has 0 amide bonds. The van der Waals surface area contributed by atoms with Gasteiger partial charge in [-0.15, -0.1) is 0 Å². The molecule has 1 aliphatic carbocycles. The summed E-state index contributed by atoms with van der Waals surface area (Å²) in [5.41, 5.74) is 3.77. The number of nitrogens with zero attached hydrogens (tertiary/aromatic N) is 4. The smallest absolute Gasteiger partial charge is 0.272 e. The van der Waals surface area contributed by atoms with Crippen LogP contribution in [-0.2, 0) is 4.74 Å². The summed E-state index contributed by atoms with van der Waals surface area (Å²) >= 11 is 0. The molecule has 354 valence electrons. The van der Waals surface area contributed by atoms with Crippen LogP contribution in [0, 0.1) is 11.6 Å². The number of fused-ring (bicyclic) bond motifs is 2. The van der Waals surface area contributed by atoms with Crippen molar-refractivity contribution in [3.05, 3.63) is 153 Å². The van der Waals surface area contributed by atoms with Crippen LogP contribution in [0.5, 0.6) is 11.5 Å². The quantitative estimate of drug-likeness (QED) is 0.0608. The molecular weight excluding hydrogens is 887 g/mol. The Bertz CT molecular complexity index is 3230. The normalized spacial score (nSPS) is 16.0. The van der Waals surface area contributed by atoms with Gasteiger partial charge >= 0.3 is 0 Å².